The van der Waals surface area contributed by atoms with Gasteiger partial charge in [0.15, 0.2) is 0 Å². The lowest BCUT2D eigenvalue weighted by Crippen LogP contribution is -2.33. The van der Waals surface area contributed by atoms with Crippen molar-refractivity contribution in [1.29, 1.82) is 0 Å². The molecule has 0 amide bonds. The summed E-state index contributed by atoms with van der Waals surface area (Å²) in [5, 5.41) is 3.77. The third-order valence-corrected chi connectivity index (χ3v) is 3.69. The zero-order chi connectivity index (χ0) is 13.5. The highest BCUT2D eigenvalue weighted by Gasteiger charge is 2.12. The van der Waals surface area contributed by atoms with Gasteiger partial charge >= 0.3 is 0 Å². The Hall–Kier alpha value is -0.600. The van der Waals surface area contributed by atoms with Crippen LogP contribution in [-0.2, 0) is 6.42 Å². The fourth-order valence-corrected chi connectivity index (χ4v) is 2.41. The number of nitrogens with one attached hydrogen (secondary N) is 1. The van der Waals surface area contributed by atoms with Gasteiger partial charge in [-0.25, -0.2) is 4.39 Å². The number of aryl methyl sites for hydroxylation is 1. The highest BCUT2D eigenvalue weighted by molar-refractivity contribution is 6.31. The third kappa shape index (κ3) is 4.58. The summed E-state index contributed by atoms with van der Waals surface area (Å²) in [6.07, 6.45) is 2.96. The number of rotatable bonds is 7. The maximum Gasteiger partial charge on any atom is 0.142 e. The van der Waals surface area contributed by atoms with Crippen LogP contribution in [0.4, 0.5) is 4.39 Å². The number of hydrogen-bond acceptors (Lipinski definition) is 1. The van der Waals surface area contributed by atoms with Gasteiger partial charge in [0.05, 0.1) is 5.02 Å². The maximum absolute atomic E-state index is 13.3. The second kappa shape index (κ2) is 7.75. The van der Waals surface area contributed by atoms with Crippen molar-refractivity contribution >= 4 is 11.6 Å². The molecule has 102 valence electrons. The normalized spacial score (nSPS) is 13.0. The van der Waals surface area contributed by atoms with E-state index in [1.54, 1.807) is 6.07 Å². The molecule has 0 heterocycles. The van der Waals surface area contributed by atoms with E-state index in [2.05, 4.69) is 26.1 Å². The van der Waals surface area contributed by atoms with Gasteiger partial charge in [0, 0.05) is 6.04 Å². The third-order valence-electron chi connectivity index (χ3n) is 3.26. The van der Waals surface area contributed by atoms with Crippen LogP contribution in [0.3, 0.4) is 0 Å². The molecule has 0 saturated carbocycles. The minimum atomic E-state index is -0.318. The largest absolute Gasteiger partial charge is 0.314 e. The Labute approximate surface area is 115 Å². The highest BCUT2D eigenvalue weighted by Crippen LogP contribution is 2.22. The van der Waals surface area contributed by atoms with Gasteiger partial charge in [-0.2, -0.15) is 0 Å². The Morgan fingerprint density at radius 1 is 1.33 bits per heavy atom. The first kappa shape index (κ1) is 15.5. The molecule has 18 heavy (non-hydrogen) atoms. The Kier molecular flexibility index (Phi) is 6.66. The molecule has 0 radical (unpaired) electrons. The van der Waals surface area contributed by atoms with Crippen LogP contribution in [0.15, 0.2) is 18.2 Å². The van der Waals surface area contributed by atoms with E-state index in [0.29, 0.717) is 12.0 Å². The van der Waals surface area contributed by atoms with Crippen LogP contribution in [-0.4, -0.2) is 12.6 Å². The molecule has 0 aromatic heterocycles. The topological polar surface area (TPSA) is 12.0 Å². The average molecular weight is 272 g/mol. The lowest BCUT2D eigenvalue weighted by Gasteiger charge is -2.21. The molecule has 0 bridgehead atoms. The van der Waals surface area contributed by atoms with Crippen molar-refractivity contribution in [2.75, 3.05) is 6.54 Å². The summed E-state index contributed by atoms with van der Waals surface area (Å²) < 4.78 is 13.3. The average Bonchev–Trinajstić information content (AvgIpc) is 2.33. The second-order valence-electron chi connectivity index (χ2n) is 5.01. The molecule has 1 aromatic rings. The van der Waals surface area contributed by atoms with E-state index in [1.165, 1.54) is 6.07 Å². The molecule has 0 spiro atoms. The molecular formula is C15H23ClFN. The Morgan fingerprint density at radius 3 is 2.67 bits per heavy atom. The van der Waals surface area contributed by atoms with Gasteiger partial charge < -0.3 is 5.32 Å². The van der Waals surface area contributed by atoms with Crippen LogP contribution in [0.1, 0.15) is 39.2 Å². The summed E-state index contributed by atoms with van der Waals surface area (Å²) in [5.41, 5.74) is 0.913. The van der Waals surface area contributed by atoms with Crippen molar-refractivity contribution < 1.29 is 4.39 Å². The van der Waals surface area contributed by atoms with Crippen LogP contribution in [0, 0.1) is 11.7 Å². The van der Waals surface area contributed by atoms with Crippen LogP contribution in [0.5, 0.6) is 0 Å². The van der Waals surface area contributed by atoms with Crippen LogP contribution in [0.2, 0.25) is 5.02 Å². The summed E-state index contributed by atoms with van der Waals surface area (Å²) in [6, 6.07) is 5.56. The molecule has 1 N–H and O–H groups in total. The lowest BCUT2D eigenvalue weighted by molar-refractivity contribution is 0.377. The summed E-state index contributed by atoms with van der Waals surface area (Å²) in [6.45, 7) is 7.56. The number of hydrogen-bond donors (Lipinski definition) is 1. The van der Waals surface area contributed by atoms with Crippen molar-refractivity contribution in [1.82, 2.24) is 5.32 Å². The molecule has 3 heteroatoms. The predicted octanol–water partition coefficient (Wildman–Crippen LogP) is 4.44. The first-order chi connectivity index (χ1) is 8.56. The molecule has 1 nitrogen and oxygen atoms in total. The molecular weight excluding hydrogens is 249 g/mol. The van der Waals surface area contributed by atoms with Crippen LogP contribution in [0.25, 0.3) is 0 Å². The molecule has 1 aromatic carbocycles. The monoisotopic (exact) mass is 271 g/mol. The maximum atomic E-state index is 13.3. The zero-order valence-corrected chi connectivity index (χ0v) is 12.2. The molecule has 1 unspecified atom stereocenters. The molecule has 0 aliphatic carbocycles. The Bertz CT molecular complexity index is 366. The Morgan fingerprint density at radius 2 is 2.06 bits per heavy atom. The minimum absolute atomic E-state index is 0.280. The van der Waals surface area contributed by atoms with Gasteiger partial charge in [-0.05, 0) is 43.4 Å². The van der Waals surface area contributed by atoms with Crippen LogP contribution < -0.4 is 5.32 Å². The lowest BCUT2D eigenvalue weighted by atomic mass is 9.96. The molecule has 0 aliphatic heterocycles. The van der Waals surface area contributed by atoms with Crippen molar-refractivity contribution in [3.63, 3.8) is 0 Å². The smallest absolute Gasteiger partial charge is 0.142 e. The van der Waals surface area contributed by atoms with Gasteiger partial charge in [-0.15, -0.1) is 0 Å². The van der Waals surface area contributed by atoms with E-state index < -0.39 is 0 Å². The fourth-order valence-electron chi connectivity index (χ4n) is 2.19. The summed E-state index contributed by atoms with van der Waals surface area (Å²) in [4.78, 5) is 0. The quantitative estimate of drug-likeness (QED) is 0.773. The second-order valence-corrected chi connectivity index (χ2v) is 5.39. The first-order valence-corrected chi connectivity index (χ1v) is 7.10. The van der Waals surface area contributed by atoms with E-state index in [4.69, 9.17) is 11.6 Å². The summed E-state index contributed by atoms with van der Waals surface area (Å²) >= 11 is 5.94. The SMILES string of the molecule is CCNC(CCCc1cccc(F)c1Cl)C(C)C. The number of benzene rings is 1. The van der Waals surface area contributed by atoms with E-state index in [-0.39, 0.29) is 10.8 Å². The van der Waals surface area contributed by atoms with Crippen LogP contribution >= 0.6 is 11.6 Å². The van der Waals surface area contributed by atoms with E-state index in [1.807, 2.05) is 6.07 Å². The van der Waals surface area contributed by atoms with E-state index in [0.717, 1.165) is 31.4 Å². The van der Waals surface area contributed by atoms with Gasteiger partial charge in [0.1, 0.15) is 5.82 Å². The van der Waals surface area contributed by atoms with Crippen molar-refractivity contribution in [3.05, 3.63) is 34.6 Å². The first-order valence-electron chi connectivity index (χ1n) is 6.72. The van der Waals surface area contributed by atoms with E-state index in [9.17, 15) is 4.39 Å². The zero-order valence-electron chi connectivity index (χ0n) is 11.5. The van der Waals surface area contributed by atoms with Gasteiger partial charge in [0.2, 0.25) is 0 Å². The van der Waals surface area contributed by atoms with Crippen molar-refractivity contribution in [2.24, 2.45) is 5.92 Å². The molecule has 1 rings (SSSR count). The van der Waals surface area contributed by atoms with Crippen molar-refractivity contribution in [3.8, 4) is 0 Å². The van der Waals surface area contributed by atoms with Gasteiger partial charge in [-0.3, -0.25) is 0 Å². The van der Waals surface area contributed by atoms with Gasteiger partial charge in [0.25, 0.3) is 0 Å². The fraction of sp³-hybridized carbons (Fsp3) is 0.600. The number of halogens is 2. The highest BCUT2D eigenvalue weighted by atomic mass is 35.5. The summed E-state index contributed by atoms with van der Waals surface area (Å²) in [5.74, 6) is 0.300. The molecule has 0 saturated heterocycles. The van der Waals surface area contributed by atoms with Crippen molar-refractivity contribution in [2.45, 2.75) is 46.1 Å². The summed E-state index contributed by atoms with van der Waals surface area (Å²) in [7, 11) is 0. The molecule has 1 atom stereocenters. The standard InChI is InChI=1S/C15H23ClFN/c1-4-18-14(11(2)3)10-6-8-12-7-5-9-13(17)15(12)16/h5,7,9,11,14,18H,4,6,8,10H2,1-3H3. The minimum Gasteiger partial charge on any atom is -0.314 e. The Balaban J connectivity index is 2.47. The predicted molar refractivity (Wildman–Crippen MR) is 76.7 cm³/mol. The van der Waals surface area contributed by atoms with Gasteiger partial charge in [-0.1, -0.05) is 44.5 Å². The van der Waals surface area contributed by atoms with E-state index >= 15 is 0 Å². The molecule has 0 aliphatic rings. The molecule has 0 fully saturated rings.